The Morgan fingerprint density at radius 2 is 1.34 bits per heavy atom. The van der Waals surface area contributed by atoms with Gasteiger partial charge >= 0.3 is 29.7 Å². The molecule has 0 fully saturated rings. The second-order valence-electron chi connectivity index (χ2n) is 12.6. The lowest BCUT2D eigenvalue weighted by molar-refractivity contribution is -0.348. The molecule has 1 unspecified atom stereocenters. The normalized spacial score (nSPS) is 13.0. The fourth-order valence-electron chi connectivity index (χ4n) is 4.90. The van der Waals surface area contributed by atoms with E-state index in [2.05, 4.69) is 15.7 Å². The maximum Gasteiger partial charge on any atom is 0.476 e. The summed E-state index contributed by atoms with van der Waals surface area (Å²) in [5.41, 5.74) is -12.3. The zero-order valence-corrected chi connectivity index (χ0v) is 33.2. The zero-order valence-electron chi connectivity index (χ0n) is 30.2. The monoisotopic (exact) mass is 959 g/mol. The van der Waals surface area contributed by atoms with E-state index >= 15 is 0 Å². The highest BCUT2D eigenvalue weighted by Gasteiger charge is 2.73. The number of nitrogen functional groups attached to an aromatic ring is 1. The third kappa shape index (κ3) is 10.6. The van der Waals surface area contributed by atoms with E-state index in [0.29, 0.717) is 28.9 Å². The van der Waals surface area contributed by atoms with Crippen LogP contribution < -0.4 is 16.4 Å². The number of hydrogen-bond acceptors (Lipinski definition) is 7. The first-order valence-electron chi connectivity index (χ1n) is 15.8. The first-order valence-corrected chi connectivity index (χ1v) is 18.0. The molecule has 0 spiro atoms. The maximum absolute atomic E-state index is 14.3. The van der Waals surface area contributed by atoms with Gasteiger partial charge in [0.15, 0.2) is 16.5 Å². The zero-order chi connectivity index (χ0) is 47.0. The number of rotatable bonds is 7. The van der Waals surface area contributed by atoms with Crippen molar-refractivity contribution >= 4 is 68.9 Å². The van der Waals surface area contributed by atoms with E-state index in [1.807, 2.05) is 6.07 Å². The van der Waals surface area contributed by atoms with Gasteiger partial charge in [-0.25, -0.2) is 13.3 Å². The third-order valence-electron chi connectivity index (χ3n) is 7.78. The molecule has 0 bridgehead atoms. The van der Waals surface area contributed by atoms with Crippen LogP contribution in [0.4, 0.5) is 68.6 Å². The molecule has 0 saturated carbocycles. The molecular formula is C34H21Cl3F13N7O3S. The molecule has 328 valence electrons. The number of halogens is 16. The molecule has 0 radical (unpaired) electrons. The highest BCUT2D eigenvalue weighted by atomic mass is 35.5. The summed E-state index contributed by atoms with van der Waals surface area (Å²) in [7, 11) is -3.71. The van der Waals surface area contributed by atoms with Crippen molar-refractivity contribution in [1.82, 2.24) is 15.1 Å². The number of nitrogens with two attached hydrogens (primary N) is 1. The number of alkyl halides is 13. The second kappa shape index (κ2) is 17.6. The van der Waals surface area contributed by atoms with Crippen molar-refractivity contribution in [3.8, 4) is 17.8 Å². The van der Waals surface area contributed by atoms with Crippen LogP contribution in [-0.4, -0.2) is 49.2 Å². The SMILES string of the molecule is Cc1cc(C(F)(C(F)(F)F)C(F)(F)F)ccc1NC(=O)c1cccc(Cl)c1C(=O)NC(C)(C)C#N.N#Cc1nn(-c2c(Cl)cc(C(F)(F)F)cc2Cl)c(N)c1S(=O)C(F)(F)F. The minimum Gasteiger partial charge on any atom is -0.383 e. The Labute approximate surface area is 351 Å². The lowest BCUT2D eigenvalue weighted by atomic mass is 9.92. The Morgan fingerprint density at radius 1 is 0.803 bits per heavy atom. The second-order valence-corrected chi connectivity index (χ2v) is 15.2. The summed E-state index contributed by atoms with van der Waals surface area (Å²) < 4.78 is 181. The molecule has 3 aromatic carbocycles. The molecule has 61 heavy (non-hydrogen) atoms. The molecule has 0 aliphatic carbocycles. The standard InChI is InChI=1S/C22H17ClF7N3O2.C12H4Cl2F6N4OS/c1-11-9-12(20(24,21(25,26)27)22(28,29)30)7-8-15(11)32-17(34)13-5-4-6-14(23)16(13)18(35)33-19(2,3)10-31;13-5-1-4(11(15,16)17)2-6(14)8(5)24-10(22)9(7(3-21)23-24)26(25)12(18,19)20/h4-9H,1-3H3,(H,32,34)(H,33,35);1-2H,22H2. The van der Waals surface area contributed by atoms with Gasteiger partial charge in [0.1, 0.15) is 28.0 Å². The maximum atomic E-state index is 14.3. The fourth-order valence-corrected chi connectivity index (χ4v) is 6.58. The van der Waals surface area contributed by atoms with E-state index < -0.39 is 101 Å². The molecular weight excluding hydrogens is 940 g/mol. The van der Waals surface area contributed by atoms with Gasteiger partial charge in [-0.2, -0.15) is 68.3 Å². The minimum atomic E-state index is -6.29. The van der Waals surface area contributed by atoms with E-state index in [4.69, 9.17) is 51.1 Å². The summed E-state index contributed by atoms with van der Waals surface area (Å²) in [4.78, 5) is 24.3. The van der Waals surface area contributed by atoms with Crippen molar-refractivity contribution in [2.75, 3.05) is 11.1 Å². The molecule has 1 aromatic heterocycles. The summed E-state index contributed by atoms with van der Waals surface area (Å²) in [5.74, 6) is -2.76. The number of carbonyl (C=O) groups excluding carboxylic acids is 2. The summed E-state index contributed by atoms with van der Waals surface area (Å²) in [6.07, 6.45) is -17.4. The Bertz CT molecular complexity index is 2450. The Hall–Kier alpha value is -5.30. The summed E-state index contributed by atoms with van der Waals surface area (Å²) in [6.45, 7) is 3.84. The molecule has 4 rings (SSSR count). The molecule has 27 heteroatoms. The van der Waals surface area contributed by atoms with E-state index in [0.717, 1.165) is 6.92 Å². The number of aryl methyl sites for hydroxylation is 1. The summed E-state index contributed by atoms with van der Waals surface area (Å²) in [6, 6.07) is 9.08. The van der Waals surface area contributed by atoms with Gasteiger partial charge in [-0.3, -0.25) is 9.59 Å². The number of amides is 2. The van der Waals surface area contributed by atoms with Crippen LogP contribution in [0.15, 0.2) is 53.4 Å². The topological polar surface area (TPSA) is 167 Å². The van der Waals surface area contributed by atoms with Crippen molar-refractivity contribution in [2.45, 2.75) is 60.9 Å². The number of anilines is 2. The van der Waals surface area contributed by atoms with Crippen LogP contribution in [0.3, 0.4) is 0 Å². The highest BCUT2D eigenvalue weighted by molar-refractivity contribution is 7.86. The number of nitrogens with one attached hydrogen (secondary N) is 2. The molecule has 1 atom stereocenters. The molecule has 0 aliphatic heterocycles. The van der Waals surface area contributed by atoms with Gasteiger partial charge < -0.3 is 16.4 Å². The van der Waals surface area contributed by atoms with Crippen LogP contribution in [0, 0.1) is 29.6 Å². The van der Waals surface area contributed by atoms with Gasteiger partial charge in [-0.05, 0) is 56.7 Å². The van der Waals surface area contributed by atoms with Crippen LogP contribution in [0.1, 0.15) is 56.9 Å². The smallest absolute Gasteiger partial charge is 0.383 e. The largest absolute Gasteiger partial charge is 0.476 e. The number of aromatic nitrogens is 2. The lowest BCUT2D eigenvalue weighted by Crippen LogP contribution is -2.50. The van der Waals surface area contributed by atoms with Gasteiger partial charge in [-0.15, -0.1) is 0 Å². The first-order chi connectivity index (χ1) is 27.6. The Balaban J connectivity index is 0.000000340. The number of carbonyl (C=O) groups is 2. The summed E-state index contributed by atoms with van der Waals surface area (Å²) in [5, 5.41) is 24.6. The van der Waals surface area contributed by atoms with Crippen molar-refractivity contribution in [1.29, 1.82) is 10.5 Å². The van der Waals surface area contributed by atoms with Crippen molar-refractivity contribution in [3.05, 3.63) is 97.1 Å². The average Bonchev–Trinajstić information content (AvgIpc) is 3.44. The quantitative estimate of drug-likeness (QED) is 0.155. The highest BCUT2D eigenvalue weighted by Crippen LogP contribution is 2.53. The Kier molecular flexibility index (Phi) is 14.4. The third-order valence-corrected chi connectivity index (χ3v) is 9.86. The van der Waals surface area contributed by atoms with Gasteiger partial charge in [0.25, 0.3) is 11.8 Å². The summed E-state index contributed by atoms with van der Waals surface area (Å²) >= 11 is 17.5. The predicted octanol–water partition coefficient (Wildman–Crippen LogP) is 10.5. The fraction of sp³-hybridized carbons (Fsp3) is 0.265. The molecule has 0 saturated heterocycles. The molecule has 1 heterocycles. The van der Waals surface area contributed by atoms with Crippen molar-refractivity contribution in [2.24, 2.45) is 0 Å². The van der Waals surface area contributed by atoms with Crippen molar-refractivity contribution < 1.29 is 70.9 Å². The van der Waals surface area contributed by atoms with Gasteiger partial charge in [0.2, 0.25) is 0 Å². The molecule has 4 N–H and O–H groups in total. The minimum absolute atomic E-state index is 0.159. The van der Waals surface area contributed by atoms with E-state index in [9.17, 15) is 70.9 Å². The molecule has 2 amide bonds. The Morgan fingerprint density at radius 3 is 1.79 bits per heavy atom. The van der Waals surface area contributed by atoms with E-state index in [1.54, 1.807) is 0 Å². The van der Waals surface area contributed by atoms with E-state index in [1.165, 1.54) is 38.1 Å². The van der Waals surface area contributed by atoms with Crippen LogP contribution in [-0.2, 0) is 22.6 Å². The van der Waals surface area contributed by atoms with Gasteiger partial charge in [-0.1, -0.05) is 53.0 Å². The van der Waals surface area contributed by atoms with Crippen LogP contribution in [0.5, 0.6) is 0 Å². The van der Waals surface area contributed by atoms with Gasteiger partial charge in [0, 0.05) is 11.3 Å². The van der Waals surface area contributed by atoms with Crippen LogP contribution in [0.2, 0.25) is 15.1 Å². The number of hydrogen-bond donors (Lipinski definition) is 3. The van der Waals surface area contributed by atoms with Gasteiger partial charge in [0.05, 0.1) is 37.8 Å². The molecule has 10 nitrogen and oxygen atoms in total. The number of nitrogens with zero attached hydrogens (tertiary/aromatic N) is 4. The molecule has 4 aromatic rings. The van der Waals surface area contributed by atoms with Crippen molar-refractivity contribution in [3.63, 3.8) is 0 Å². The number of benzene rings is 3. The number of nitriles is 2. The lowest BCUT2D eigenvalue weighted by Gasteiger charge is -2.30. The van der Waals surface area contributed by atoms with Crippen LogP contribution in [0.25, 0.3) is 5.69 Å². The predicted molar refractivity (Wildman–Crippen MR) is 193 cm³/mol. The average molecular weight is 961 g/mol. The first kappa shape index (κ1) is 50.1. The van der Waals surface area contributed by atoms with E-state index in [-0.39, 0.29) is 33.5 Å². The molecule has 0 aliphatic rings. The van der Waals surface area contributed by atoms with Crippen LogP contribution >= 0.6 is 34.8 Å².